The van der Waals surface area contributed by atoms with Gasteiger partial charge in [0.2, 0.25) is 0 Å². The molecule has 0 aliphatic carbocycles. The third-order valence-electron chi connectivity index (χ3n) is 4.14. The highest BCUT2D eigenvalue weighted by Gasteiger charge is 2.16. The largest absolute Gasteiger partial charge is 0.497 e. The number of methoxy groups -OCH3 is 1. The van der Waals surface area contributed by atoms with Gasteiger partial charge < -0.3 is 20.1 Å². The van der Waals surface area contributed by atoms with E-state index in [1.165, 1.54) is 6.07 Å². The van der Waals surface area contributed by atoms with E-state index in [9.17, 15) is 14.4 Å². The molecule has 7 nitrogen and oxygen atoms in total. The van der Waals surface area contributed by atoms with Gasteiger partial charge in [-0.05, 0) is 48.5 Å². The van der Waals surface area contributed by atoms with Crippen LogP contribution in [0.25, 0.3) is 0 Å². The van der Waals surface area contributed by atoms with Crippen LogP contribution in [0.3, 0.4) is 0 Å². The molecular formula is C23H20N2O5. The Balaban J connectivity index is 1.60. The van der Waals surface area contributed by atoms with Crippen molar-refractivity contribution >= 4 is 29.2 Å². The van der Waals surface area contributed by atoms with E-state index in [-0.39, 0.29) is 11.5 Å². The van der Waals surface area contributed by atoms with E-state index >= 15 is 0 Å². The first kappa shape index (κ1) is 20.6. The molecule has 0 fully saturated rings. The minimum Gasteiger partial charge on any atom is -0.497 e. The minimum absolute atomic E-state index is 0.152. The Hall–Kier alpha value is -4.13. The molecule has 7 heteroatoms. The lowest BCUT2D eigenvalue weighted by molar-refractivity contribution is -0.119. The molecule has 30 heavy (non-hydrogen) atoms. The molecule has 0 spiro atoms. The zero-order valence-electron chi connectivity index (χ0n) is 16.3. The lowest BCUT2D eigenvalue weighted by atomic mass is 10.1. The lowest BCUT2D eigenvalue weighted by Crippen LogP contribution is -2.22. The molecule has 3 rings (SSSR count). The van der Waals surface area contributed by atoms with Gasteiger partial charge in [-0.25, -0.2) is 4.79 Å². The monoisotopic (exact) mass is 404 g/mol. The van der Waals surface area contributed by atoms with E-state index < -0.39 is 18.5 Å². The van der Waals surface area contributed by atoms with Crippen LogP contribution in [0.4, 0.5) is 11.4 Å². The number of para-hydroxylation sites is 1. The second-order valence-corrected chi connectivity index (χ2v) is 6.22. The Labute approximate surface area is 173 Å². The maximum absolute atomic E-state index is 12.5. The molecule has 0 aliphatic rings. The minimum atomic E-state index is -0.719. The van der Waals surface area contributed by atoms with Gasteiger partial charge >= 0.3 is 5.97 Å². The molecule has 0 bridgehead atoms. The summed E-state index contributed by atoms with van der Waals surface area (Å²) in [6.07, 6.45) is 0. The van der Waals surface area contributed by atoms with E-state index in [0.717, 1.165) is 0 Å². The highest BCUT2D eigenvalue weighted by molar-refractivity contribution is 6.08. The summed E-state index contributed by atoms with van der Waals surface area (Å²) in [4.78, 5) is 36.9. The first-order valence-corrected chi connectivity index (χ1v) is 9.13. The van der Waals surface area contributed by atoms with Crippen LogP contribution in [0.5, 0.6) is 5.75 Å². The molecule has 0 aromatic heterocycles. The number of nitrogens with one attached hydrogen (secondary N) is 2. The number of ether oxygens (including phenoxy) is 2. The third kappa shape index (κ3) is 5.45. The summed E-state index contributed by atoms with van der Waals surface area (Å²) in [5.74, 6) is -0.898. The molecule has 0 aliphatic heterocycles. The average Bonchev–Trinajstić information content (AvgIpc) is 2.79. The number of rotatable bonds is 7. The topological polar surface area (TPSA) is 93.7 Å². The SMILES string of the molecule is COc1ccc(NC(=O)COC(=O)c2ccccc2NC(=O)c2ccccc2)cc1. The van der Waals surface area contributed by atoms with Crippen molar-refractivity contribution in [2.45, 2.75) is 0 Å². The molecule has 0 saturated heterocycles. The van der Waals surface area contributed by atoms with E-state index in [0.29, 0.717) is 22.7 Å². The van der Waals surface area contributed by atoms with E-state index in [1.807, 2.05) is 0 Å². The van der Waals surface area contributed by atoms with Crippen LogP contribution in [0.1, 0.15) is 20.7 Å². The van der Waals surface area contributed by atoms with Gasteiger partial charge in [-0.3, -0.25) is 9.59 Å². The average molecular weight is 404 g/mol. The van der Waals surface area contributed by atoms with Crippen molar-refractivity contribution < 1.29 is 23.9 Å². The Morgan fingerprint density at radius 1 is 0.800 bits per heavy atom. The zero-order chi connectivity index (χ0) is 21.3. The molecular weight excluding hydrogens is 384 g/mol. The summed E-state index contributed by atoms with van der Waals surface area (Å²) < 4.78 is 10.2. The summed E-state index contributed by atoms with van der Waals surface area (Å²) in [6, 6.07) is 21.8. The summed E-state index contributed by atoms with van der Waals surface area (Å²) in [5, 5.41) is 5.32. The van der Waals surface area contributed by atoms with Crippen molar-refractivity contribution in [2.75, 3.05) is 24.4 Å². The first-order valence-electron chi connectivity index (χ1n) is 9.13. The van der Waals surface area contributed by atoms with Crippen molar-refractivity contribution in [2.24, 2.45) is 0 Å². The van der Waals surface area contributed by atoms with Crippen LogP contribution >= 0.6 is 0 Å². The molecule has 0 atom stereocenters. The normalized spacial score (nSPS) is 10.0. The first-order chi connectivity index (χ1) is 14.6. The van der Waals surface area contributed by atoms with Gasteiger partial charge in [0.05, 0.1) is 18.4 Å². The third-order valence-corrected chi connectivity index (χ3v) is 4.14. The van der Waals surface area contributed by atoms with Crippen molar-refractivity contribution in [3.8, 4) is 5.75 Å². The van der Waals surface area contributed by atoms with Gasteiger partial charge in [0, 0.05) is 11.3 Å². The predicted molar refractivity (Wildman–Crippen MR) is 113 cm³/mol. The Morgan fingerprint density at radius 2 is 1.47 bits per heavy atom. The number of anilines is 2. The fraction of sp³-hybridized carbons (Fsp3) is 0.0870. The number of benzene rings is 3. The highest BCUT2D eigenvalue weighted by atomic mass is 16.5. The van der Waals surface area contributed by atoms with Crippen molar-refractivity contribution in [3.05, 3.63) is 90.0 Å². The molecule has 3 aromatic rings. The van der Waals surface area contributed by atoms with Crippen LogP contribution in [-0.4, -0.2) is 31.5 Å². The maximum Gasteiger partial charge on any atom is 0.340 e. The molecule has 152 valence electrons. The van der Waals surface area contributed by atoms with E-state index in [1.54, 1.807) is 79.9 Å². The van der Waals surface area contributed by atoms with Crippen molar-refractivity contribution in [3.63, 3.8) is 0 Å². The van der Waals surface area contributed by atoms with Gasteiger partial charge in [0.15, 0.2) is 6.61 Å². The summed E-state index contributed by atoms with van der Waals surface area (Å²) in [6.45, 7) is -0.466. The Bertz CT molecular complexity index is 1030. The molecule has 2 amide bonds. The van der Waals surface area contributed by atoms with E-state index in [4.69, 9.17) is 9.47 Å². The molecule has 2 N–H and O–H groups in total. The molecule has 0 saturated carbocycles. The highest BCUT2D eigenvalue weighted by Crippen LogP contribution is 2.18. The zero-order valence-corrected chi connectivity index (χ0v) is 16.3. The van der Waals surface area contributed by atoms with Crippen LogP contribution in [-0.2, 0) is 9.53 Å². The maximum atomic E-state index is 12.5. The standard InChI is InChI=1S/C23H20N2O5/c1-29-18-13-11-17(12-14-18)24-21(26)15-30-23(28)19-9-5-6-10-20(19)25-22(27)16-7-3-2-4-8-16/h2-14H,15H2,1H3,(H,24,26)(H,25,27). The fourth-order valence-corrected chi connectivity index (χ4v) is 2.63. The number of hydrogen-bond donors (Lipinski definition) is 2. The van der Waals surface area contributed by atoms with Gasteiger partial charge in [0.1, 0.15) is 5.75 Å². The van der Waals surface area contributed by atoms with Crippen molar-refractivity contribution in [1.29, 1.82) is 0 Å². The molecule has 3 aromatic carbocycles. The number of hydrogen-bond acceptors (Lipinski definition) is 5. The number of carbonyl (C=O) groups is 3. The molecule has 0 unspecified atom stereocenters. The van der Waals surface area contributed by atoms with Crippen LogP contribution in [0.2, 0.25) is 0 Å². The van der Waals surface area contributed by atoms with Gasteiger partial charge in [-0.15, -0.1) is 0 Å². The quantitative estimate of drug-likeness (QED) is 0.585. The second kappa shape index (κ2) is 9.88. The Morgan fingerprint density at radius 3 is 2.17 bits per heavy atom. The number of amides is 2. The van der Waals surface area contributed by atoms with Crippen LogP contribution < -0.4 is 15.4 Å². The van der Waals surface area contributed by atoms with Gasteiger partial charge in [0.25, 0.3) is 11.8 Å². The predicted octanol–water partition coefficient (Wildman–Crippen LogP) is 3.74. The Kier molecular flexibility index (Phi) is 6.78. The summed E-state index contributed by atoms with van der Waals surface area (Å²) in [7, 11) is 1.55. The number of esters is 1. The van der Waals surface area contributed by atoms with Crippen molar-refractivity contribution in [1.82, 2.24) is 0 Å². The fourth-order valence-electron chi connectivity index (χ4n) is 2.63. The number of carbonyl (C=O) groups excluding carboxylic acids is 3. The molecule has 0 radical (unpaired) electrons. The van der Waals surface area contributed by atoms with Crippen LogP contribution in [0, 0.1) is 0 Å². The van der Waals surface area contributed by atoms with Crippen LogP contribution in [0.15, 0.2) is 78.9 Å². The van der Waals surface area contributed by atoms with Gasteiger partial charge in [-0.1, -0.05) is 30.3 Å². The lowest BCUT2D eigenvalue weighted by Gasteiger charge is -2.11. The van der Waals surface area contributed by atoms with Gasteiger partial charge in [-0.2, -0.15) is 0 Å². The second-order valence-electron chi connectivity index (χ2n) is 6.22. The molecule has 0 heterocycles. The smallest absolute Gasteiger partial charge is 0.340 e. The van der Waals surface area contributed by atoms with E-state index in [2.05, 4.69) is 10.6 Å². The summed E-state index contributed by atoms with van der Waals surface area (Å²) >= 11 is 0. The summed E-state index contributed by atoms with van der Waals surface area (Å²) in [5.41, 5.74) is 1.46.